The molecule has 0 saturated heterocycles. The van der Waals surface area contributed by atoms with Gasteiger partial charge in [-0.05, 0) is 32.2 Å². The number of alkyl carbamates (subject to hydrolysis) is 1. The van der Waals surface area contributed by atoms with E-state index in [1.807, 2.05) is 0 Å². The summed E-state index contributed by atoms with van der Waals surface area (Å²) in [6.07, 6.45) is -2.93. The van der Waals surface area contributed by atoms with Gasteiger partial charge in [0.1, 0.15) is 17.8 Å². The molecule has 0 aliphatic heterocycles. The zero-order valence-corrected chi connectivity index (χ0v) is 12.6. The van der Waals surface area contributed by atoms with E-state index in [0.717, 1.165) is 0 Å². The molecule has 0 radical (unpaired) electrons. The number of nitrogens with one attached hydrogen (secondary N) is 1. The van der Waals surface area contributed by atoms with E-state index in [0.29, 0.717) is 9.90 Å². The molecular formula is C12H18ClNO4S. The third kappa shape index (κ3) is 5.36. The summed E-state index contributed by atoms with van der Waals surface area (Å²) in [6.45, 7) is 5.10. The minimum Gasteiger partial charge on any atom is -0.444 e. The first-order valence-corrected chi connectivity index (χ1v) is 7.02. The lowest BCUT2D eigenvalue weighted by atomic mass is 10.1. The van der Waals surface area contributed by atoms with Gasteiger partial charge in [0.25, 0.3) is 0 Å². The van der Waals surface area contributed by atoms with Crippen molar-refractivity contribution in [3.8, 4) is 0 Å². The minimum absolute atomic E-state index is 0.121. The Kier molecular flexibility index (Phi) is 5.61. The Morgan fingerprint density at radius 3 is 2.63 bits per heavy atom. The van der Waals surface area contributed by atoms with Crippen LogP contribution in [0.3, 0.4) is 0 Å². The molecule has 0 aliphatic rings. The number of hydrogen-bond donors (Lipinski definition) is 3. The average molecular weight is 308 g/mol. The van der Waals surface area contributed by atoms with Crippen LogP contribution in [0.2, 0.25) is 5.02 Å². The predicted molar refractivity (Wildman–Crippen MR) is 74.5 cm³/mol. The Labute approximate surface area is 121 Å². The van der Waals surface area contributed by atoms with Crippen LogP contribution in [0.1, 0.15) is 31.8 Å². The van der Waals surface area contributed by atoms with Crippen molar-refractivity contribution in [2.45, 2.75) is 38.6 Å². The fourth-order valence-corrected chi connectivity index (χ4v) is 2.52. The first-order chi connectivity index (χ1) is 8.70. The lowest BCUT2D eigenvalue weighted by molar-refractivity contribution is 0.0147. The smallest absolute Gasteiger partial charge is 0.407 e. The van der Waals surface area contributed by atoms with Crippen LogP contribution in [-0.2, 0) is 4.74 Å². The Morgan fingerprint density at radius 2 is 2.16 bits per heavy atom. The lowest BCUT2D eigenvalue weighted by Gasteiger charge is -2.22. The van der Waals surface area contributed by atoms with Crippen molar-refractivity contribution in [2.24, 2.45) is 0 Å². The molecule has 0 fully saturated rings. The van der Waals surface area contributed by atoms with E-state index < -0.39 is 23.9 Å². The van der Waals surface area contributed by atoms with Gasteiger partial charge in [-0.1, -0.05) is 11.6 Å². The Hall–Kier alpha value is -0.820. The van der Waals surface area contributed by atoms with Crippen LogP contribution >= 0.6 is 22.9 Å². The number of rotatable bonds is 4. The topological polar surface area (TPSA) is 78.8 Å². The van der Waals surface area contributed by atoms with Gasteiger partial charge in [0, 0.05) is 6.54 Å². The molecule has 19 heavy (non-hydrogen) atoms. The number of aliphatic hydroxyl groups excluding tert-OH is 2. The number of carbonyl (C=O) groups is 1. The van der Waals surface area contributed by atoms with Crippen molar-refractivity contribution < 1.29 is 19.7 Å². The van der Waals surface area contributed by atoms with E-state index in [1.165, 1.54) is 11.3 Å². The van der Waals surface area contributed by atoms with Crippen LogP contribution in [0.5, 0.6) is 0 Å². The summed E-state index contributed by atoms with van der Waals surface area (Å²) in [6, 6.07) is 1.64. The standard InChI is InChI=1S/C12H18ClNO4S/c1-12(2,3)18-11(17)14-6-8(15)9(16)10-7(13)4-5-19-10/h4-5,8-9,15-16H,6H2,1-3H3,(H,14,17). The number of hydrogen-bond acceptors (Lipinski definition) is 5. The van der Waals surface area contributed by atoms with E-state index in [9.17, 15) is 15.0 Å². The maximum atomic E-state index is 11.4. The molecule has 0 spiro atoms. The highest BCUT2D eigenvalue weighted by Crippen LogP contribution is 2.30. The molecule has 0 saturated carbocycles. The monoisotopic (exact) mass is 307 g/mol. The summed E-state index contributed by atoms with van der Waals surface area (Å²) in [5, 5.41) is 24.2. The molecule has 1 aromatic rings. The minimum atomic E-state index is -1.15. The summed E-state index contributed by atoms with van der Waals surface area (Å²) < 4.78 is 5.02. The van der Waals surface area contributed by atoms with Crippen LogP contribution in [-0.4, -0.2) is 34.6 Å². The molecule has 1 amide bonds. The van der Waals surface area contributed by atoms with E-state index >= 15 is 0 Å². The zero-order chi connectivity index (χ0) is 14.6. The highest BCUT2D eigenvalue weighted by atomic mass is 35.5. The largest absolute Gasteiger partial charge is 0.444 e. The maximum absolute atomic E-state index is 11.4. The molecule has 1 heterocycles. The van der Waals surface area contributed by atoms with E-state index in [-0.39, 0.29) is 6.54 Å². The molecule has 0 bridgehead atoms. The fraction of sp³-hybridized carbons (Fsp3) is 0.583. The van der Waals surface area contributed by atoms with Gasteiger partial charge in [-0.3, -0.25) is 0 Å². The molecular weight excluding hydrogens is 290 g/mol. The molecule has 5 nitrogen and oxygen atoms in total. The molecule has 1 rings (SSSR count). The summed E-state index contributed by atoms with van der Waals surface area (Å²) >= 11 is 7.10. The van der Waals surface area contributed by atoms with Gasteiger partial charge in [-0.25, -0.2) is 4.79 Å². The van der Waals surface area contributed by atoms with Crippen LogP contribution in [0.4, 0.5) is 4.79 Å². The fourth-order valence-electron chi connectivity index (χ4n) is 1.30. The van der Waals surface area contributed by atoms with Crippen LogP contribution in [0.15, 0.2) is 11.4 Å². The van der Waals surface area contributed by atoms with Gasteiger partial charge >= 0.3 is 6.09 Å². The van der Waals surface area contributed by atoms with Gasteiger partial charge in [0.05, 0.1) is 9.90 Å². The highest BCUT2D eigenvalue weighted by Gasteiger charge is 2.23. The first kappa shape index (κ1) is 16.2. The molecule has 2 atom stereocenters. The summed E-state index contributed by atoms with van der Waals surface area (Å²) in [4.78, 5) is 11.9. The highest BCUT2D eigenvalue weighted by molar-refractivity contribution is 7.10. The van der Waals surface area contributed by atoms with E-state index in [1.54, 1.807) is 32.2 Å². The Morgan fingerprint density at radius 1 is 1.53 bits per heavy atom. The number of carbonyl (C=O) groups excluding carboxylic acids is 1. The predicted octanol–water partition coefficient (Wildman–Crippen LogP) is 2.32. The first-order valence-electron chi connectivity index (χ1n) is 5.76. The van der Waals surface area contributed by atoms with E-state index in [4.69, 9.17) is 16.3 Å². The number of aliphatic hydroxyl groups is 2. The molecule has 108 valence electrons. The summed E-state index contributed by atoms with van der Waals surface area (Å²) in [5.74, 6) is 0. The molecule has 1 aromatic heterocycles. The number of thiophene rings is 1. The second-order valence-electron chi connectivity index (χ2n) is 5.03. The van der Waals surface area contributed by atoms with Crippen molar-refractivity contribution in [3.05, 3.63) is 21.3 Å². The molecule has 3 N–H and O–H groups in total. The number of ether oxygens (including phenoxy) is 1. The van der Waals surface area contributed by atoms with Gasteiger partial charge in [0.15, 0.2) is 0 Å². The molecule has 2 unspecified atom stereocenters. The van der Waals surface area contributed by atoms with Crippen molar-refractivity contribution in [1.29, 1.82) is 0 Å². The molecule has 7 heteroatoms. The van der Waals surface area contributed by atoms with Crippen molar-refractivity contribution in [3.63, 3.8) is 0 Å². The van der Waals surface area contributed by atoms with Crippen LogP contribution in [0, 0.1) is 0 Å². The van der Waals surface area contributed by atoms with Crippen molar-refractivity contribution in [2.75, 3.05) is 6.54 Å². The van der Waals surface area contributed by atoms with Crippen molar-refractivity contribution >= 4 is 29.0 Å². The van der Waals surface area contributed by atoms with Gasteiger partial charge in [0.2, 0.25) is 0 Å². The van der Waals surface area contributed by atoms with Crippen molar-refractivity contribution in [1.82, 2.24) is 5.32 Å². The quantitative estimate of drug-likeness (QED) is 0.797. The summed E-state index contributed by atoms with van der Waals surface area (Å²) in [5.41, 5.74) is -0.606. The summed E-state index contributed by atoms with van der Waals surface area (Å²) in [7, 11) is 0. The zero-order valence-electron chi connectivity index (χ0n) is 11.0. The van der Waals surface area contributed by atoms with E-state index in [2.05, 4.69) is 5.32 Å². The van der Waals surface area contributed by atoms with Crippen LogP contribution in [0.25, 0.3) is 0 Å². The Bertz CT molecular complexity index is 430. The maximum Gasteiger partial charge on any atom is 0.407 e. The number of amides is 1. The molecule has 0 aliphatic carbocycles. The van der Waals surface area contributed by atoms with Gasteiger partial charge < -0.3 is 20.3 Å². The Balaban J connectivity index is 2.45. The van der Waals surface area contributed by atoms with Gasteiger partial charge in [-0.15, -0.1) is 11.3 Å². The molecule has 0 aromatic carbocycles. The van der Waals surface area contributed by atoms with Gasteiger partial charge in [-0.2, -0.15) is 0 Å². The SMILES string of the molecule is CC(C)(C)OC(=O)NCC(O)C(O)c1sccc1Cl. The lowest BCUT2D eigenvalue weighted by Crippen LogP contribution is -2.38. The second kappa shape index (κ2) is 6.56. The third-order valence-corrected chi connectivity index (χ3v) is 3.56. The van der Waals surface area contributed by atoms with Crippen LogP contribution < -0.4 is 5.32 Å². The number of halogens is 1. The third-order valence-electron chi connectivity index (χ3n) is 2.13. The normalized spacial score (nSPS) is 14.8. The average Bonchev–Trinajstić information content (AvgIpc) is 2.69. The second-order valence-corrected chi connectivity index (χ2v) is 6.38.